The predicted octanol–water partition coefficient (Wildman–Crippen LogP) is 3.94. The van der Waals surface area contributed by atoms with E-state index in [9.17, 15) is 20.2 Å². The fraction of sp³-hybridized carbons (Fsp3) is 0.200. The van der Waals surface area contributed by atoms with Crippen LogP contribution in [0.2, 0.25) is 0 Å². The van der Waals surface area contributed by atoms with Gasteiger partial charge in [-0.3, -0.25) is 14.9 Å². The molecule has 0 saturated heterocycles. The highest BCUT2D eigenvalue weighted by Gasteiger charge is 2.13. The van der Waals surface area contributed by atoms with Gasteiger partial charge in [0.25, 0.3) is 11.6 Å². The maximum absolute atomic E-state index is 12.4. The van der Waals surface area contributed by atoms with Gasteiger partial charge in [-0.2, -0.15) is 5.26 Å². The Bertz CT molecular complexity index is 947. The molecule has 1 amide bonds. The van der Waals surface area contributed by atoms with Gasteiger partial charge >= 0.3 is 0 Å². The molecule has 0 saturated carbocycles. The summed E-state index contributed by atoms with van der Waals surface area (Å²) in [5.74, 6) is 0.382. The molecule has 0 aromatic heterocycles. The van der Waals surface area contributed by atoms with Gasteiger partial charge in [0, 0.05) is 17.8 Å². The molecule has 2 aromatic rings. The topological polar surface area (TPSA) is 114 Å². The summed E-state index contributed by atoms with van der Waals surface area (Å²) < 4.78 is 10.9. The van der Waals surface area contributed by atoms with Crippen LogP contribution < -0.4 is 14.8 Å². The monoisotopic (exact) mass is 381 g/mol. The number of nitrogens with zero attached hydrogens (tertiary/aromatic N) is 2. The van der Waals surface area contributed by atoms with Crippen molar-refractivity contribution in [2.45, 2.75) is 13.3 Å². The molecule has 0 unspecified atom stereocenters. The quantitative estimate of drug-likeness (QED) is 0.321. The van der Waals surface area contributed by atoms with Gasteiger partial charge in [-0.1, -0.05) is 19.1 Å². The van der Waals surface area contributed by atoms with E-state index in [1.807, 2.05) is 13.0 Å². The molecule has 0 aliphatic heterocycles. The lowest BCUT2D eigenvalue weighted by atomic mass is 10.1. The Labute approximate surface area is 162 Å². The Morgan fingerprint density at radius 2 is 2.07 bits per heavy atom. The lowest BCUT2D eigenvalue weighted by molar-refractivity contribution is -0.384. The number of benzene rings is 2. The predicted molar refractivity (Wildman–Crippen MR) is 104 cm³/mol. The Morgan fingerprint density at radius 1 is 1.29 bits per heavy atom. The number of rotatable bonds is 8. The Hall–Kier alpha value is -3.86. The molecule has 28 heavy (non-hydrogen) atoms. The number of anilines is 1. The molecule has 2 rings (SSSR count). The van der Waals surface area contributed by atoms with Crippen molar-refractivity contribution in [3.05, 3.63) is 63.7 Å². The number of nitro groups is 1. The number of carbonyl (C=O) groups excluding carboxylic acids is 1. The van der Waals surface area contributed by atoms with E-state index in [0.717, 1.165) is 6.42 Å². The fourth-order valence-corrected chi connectivity index (χ4v) is 2.32. The molecule has 144 valence electrons. The summed E-state index contributed by atoms with van der Waals surface area (Å²) >= 11 is 0. The van der Waals surface area contributed by atoms with E-state index in [-0.39, 0.29) is 16.9 Å². The maximum atomic E-state index is 12.4. The van der Waals surface area contributed by atoms with Gasteiger partial charge in [-0.25, -0.2) is 0 Å². The van der Waals surface area contributed by atoms with Crippen molar-refractivity contribution < 1.29 is 19.2 Å². The van der Waals surface area contributed by atoms with Gasteiger partial charge in [0.05, 0.1) is 18.6 Å². The van der Waals surface area contributed by atoms with Crippen LogP contribution in [-0.4, -0.2) is 24.5 Å². The van der Waals surface area contributed by atoms with Crippen molar-refractivity contribution in [3.63, 3.8) is 0 Å². The number of nitrogens with one attached hydrogen (secondary N) is 1. The summed E-state index contributed by atoms with van der Waals surface area (Å²) in [7, 11) is 1.50. The summed E-state index contributed by atoms with van der Waals surface area (Å²) in [6.07, 6.45) is 2.25. The van der Waals surface area contributed by atoms with E-state index in [1.54, 1.807) is 18.2 Å². The number of nitriles is 1. The Balaban J connectivity index is 2.23. The zero-order chi connectivity index (χ0) is 20.5. The summed E-state index contributed by atoms with van der Waals surface area (Å²) in [6.45, 7) is 2.53. The lowest BCUT2D eigenvalue weighted by Crippen LogP contribution is -2.13. The molecule has 0 atom stereocenters. The minimum absolute atomic E-state index is 0.157. The Kier molecular flexibility index (Phi) is 7.11. The van der Waals surface area contributed by atoms with Crippen molar-refractivity contribution in [1.82, 2.24) is 0 Å². The molecular weight excluding hydrogens is 362 g/mol. The van der Waals surface area contributed by atoms with Crippen molar-refractivity contribution >= 4 is 23.4 Å². The number of nitro benzene ring substituents is 1. The van der Waals surface area contributed by atoms with E-state index in [2.05, 4.69) is 5.32 Å². The summed E-state index contributed by atoms with van der Waals surface area (Å²) in [4.78, 5) is 22.6. The van der Waals surface area contributed by atoms with Crippen LogP contribution in [0.3, 0.4) is 0 Å². The Morgan fingerprint density at radius 3 is 2.71 bits per heavy atom. The van der Waals surface area contributed by atoms with Crippen LogP contribution in [0.4, 0.5) is 11.4 Å². The SMILES string of the molecule is CCCOc1ccc(/C=C(\C#N)C(=O)Nc2cccc([N+](=O)[O-])c2)cc1OC. The molecule has 8 nitrogen and oxygen atoms in total. The van der Waals surface area contributed by atoms with Gasteiger partial charge in [0.2, 0.25) is 0 Å². The molecule has 0 spiro atoms. The van der Waals surface area contributed by atoms with Crippen LogP contribution in [0.15, 0.2) is 48.0 Å². The first-order valence-corrected chi connectivity index (χ1v) is 8.47. The van der Waals surface area contributed by atoms with E-state index >= 15 is 0 Å². The number of hydrogen-bond donors (Lipinski definition) is 1. The van der Waals surface area contributed by atoms with Crippen LogP contribution in [0.1, 0.15) is 18.9 Å². The molecule has 2 aromatic carbocycles. The molecule has 0 fully saturated rings. The average Bonchev–Trinajstić information content (AvgIpc) is 2.70. The highest BCUT2D eigenvalue weighted by molar-refractivity contribution is 6.09. The highest BCUT2D eigenvalue weighted by atomic mass is 16.6. The van der Waals surface area contributed by atoms with E-state index in [0.29, 0.717) is 23.7 Å². The molecule has 0 aliphatic carbocycles. The molecule has 0 aliphatic rings. The summed E-state index contributed by atoms with van der Waals surface area (Å²) in [6, 6.07) is 12.4. The second kappa shape index (κ2) is 9.73. The van der Waals surface area contributed by atoms with Crippen LogP contribution in [0.25, 0.3) is 6.08 Å². The number of hydrogen-bond acceptors (Lipinski definition) is 6. The third-order valence-electron chi connectivity index (χ3n) is 3.64. The smallest absolute Gasteiger partial charge is 0.271 e. The number of non-ortho nitro benzene ring substituents is 1. The number of ether oxygens (including phenoxy) is 2. The average molecular weight is 381 g/mol. The van der Waals surface area contributed by atoms with Crippen molar-refractivity contribution in [2.24, 2.45) is 0 Å². The number of amides is 1. The first kappa shape index (κ1) is 20.5. The number of methoxy groups -OCH3 is 1. The summed E-state index contributed by atoms with van der Waals surface area (Å²) in [5, 5.41) is 22.6. The summed E-state index contributed by atoms with van der Waals surface area (Å²) in [5.41, 5.74) is 0.483. The molecule has 0 radical (unpaired) electrons. The van der Waals surface area contributed by atoms with Crippen LogP contribution in [0, 0.1) is 21.4 Å². The van der Waals surface area contributed by atoms with Gasteiger partial charge < -0.3 is 14.8 Å². The first-order valence-electron chi connectivity index (χ1n) is 8.47. The second-order valence-electron chi connectivity index (χ2n) is 5.69. The van der Waals surface area contributed by atoms with Gasteiger partial charge in [0.1, 0.15) is 11.6 Å². The molecule has 8 heteroatoms. The molecule has 1 N–H and O–H groups in total. The third kappa shape index (κ3) is 5.32. The van der Waals surface area contributed by atoms with Crippen molar-refractivity contribution in [3.8, 4) is 17.6 Å². The third-order valence-corrected chi connectivity index (χ3v) is 3.64. The van der Waals surface area contributed by atoms with Gasteiger partial charge in [0.15, 0.2) is 11.5 Å². The zero-order valence-corrected chi connectivity index (χ0v) is 15.5. The molecular formula is C20H19N3O5. The molecule has 0 heterocycles. The normalized spacial score (nSPS) is 10.7. The first-order chi connectivity index (χ1) is 13.5. The van der Waals surface area contributed by atoms with Crippen molar-refractivity contribution in [2.75, 3.05) is 19.0 Å². The van der Waals surface area contributed by atoms with Gasteiger partial charge in [-0.15, -0.1) is 0 Å². The van der Waals surface area contributed by atoms with E-state index < -0.39 is 10.8 Å². The maximum Gasteiger partial charge on any atom is 0.271 e. The van der Waals surface area contributed by atoms with Gasteiger partial charge in [-0.05, 0) is 36.3 Å². The lowest BCUT2D eigenvalue weighted by Gasteiger charge is -2.10. The molecule has 0 bridgehead atoms. The number of carbonyl (C=O) groups is 1. The van der Waals surface area contributed by atoms with E-state index in [1.165, 1.54) is 37.5 Å². The minimum atomic E-state index is -0.673. The van der Waals surface area contributed by atoms with Crippen LogP contribution in [0.5, 0.6) is 11.5 Å². The largest absolute Gasteiger partial charge is 0.493 e. The second-order valence-corrected chi connectivity index (χ2v) is 5.69. The van der Waals surface area contributed by atoms with Crippen LogP contribution in [-0.2, 0) is 4.79 Å². The minimum Gasteiger partial charge on any atom is -0.493 e. The standard InChI is InChI=1S/C20H19N3O5/c1-3-9-28-18-8-7-14(11-19(18)27-2)10-15(13-21)20(24)22-16-5-4-6-17(12-16)23(25)26/h4-8,10-12H,3,9H2,1-2H3,(H,22,24)/b15-10+. The highest BCUT2D eigenvalue weighted by Crippen LogP contribution is 2.29. The van der Waals surface area contributed by atoms with Crippen LogP contribution >= 0.6 is 0 Å². The fourth-order valence-electron chi connectivity index (χ4n) is 2.32. The zero-order valence-electron chi connectivity index (χ0n) is 15.5. The van der Waals surface area contributed by atoms with Crippen molar-refractivity contribution in [1.29, 1.82) is 5.26 Å². The van der Waals surface area contributed by atoms with E-state index in [4.69, 9.17) is 9.47 Å².